The van der Waals surface area contributed by atoms with Crippen LogP contribution in [-0.4, -0.2) is 16.5 Å². The summed E-state index contributed by atoms with van der Waals surface area (Å²) in [6, 6.07) is 9.73. The largest absolute Gasteiger partial charge is 0.346 e. The van der Waals surface area contributed by atoms with Crippen molar-refractivity contribution in [2.75, 3.05) is 6.54 Å². The topological polar surface area (TPSA) is 78.5 Å². The summed E-state index contributed by atoms with van der Waals surface area (Å²) in [5, 5.41) is 8.76. The van der Waals surface area contributed by atoms with Gasteiger partial charge in [-0.05, 0) is 31.2 Å². The van der Waals surface area contributed by atoms with Gasteiger partial charge in [-0.3, -0.25) is 0 Å². The summed E-state index contributed by atoms with van der Waals surface area (Å²) in [5.74, 6) is 0.919. The van der Waals surface area contributed by atoms with Crippen molar-refractivity contribution in [3.05, 3.63) is 52.6 Å². The molecule has 18 heavy (non-hydrogen) atoms. The molecular formula is C14H16N4. The van der Waals surface area contributed by atoms with Crippen LogP contribution < -0.4 is 5.73 Å². The van der Waals surface area contributed by atoms with Crippen LogP contribution in [0.15, 0.2) is 24.3 Å². The summed E-state index contributed by atoms with van der Waals surface area (Å²) in [6.07, 6.45) is 1.58. The molecule has 2 rings (SSSR count). The van der Waals surface area contributed by atoms with Crippen molar-refractivity contribution in [1.29, 1.82) is 5.26 Å². The number of imidazole rings is 1. The van der Waals surface area contributed by atoms with Crippen LogP contribution in [0.5, 0.6) is 0 Å². The Bertz CT molecular complexity index is 560. The molecule has 0 unspecified atom stereocenters. The van der Waals surface area contributed by atoms with Gasteiger partial charge in [0.25, 0.3) is 0 Å². The van der Waals surface area contributed by atoms with E-state index in [9.17, 15) is 0 Å². The number of benzene rings is 1. The van der Waals surface area contributed by atoms with Gasteiger partial charge in [-0.15, -0.1) is 0 Å². The maximum Gasteiger partial charge on any atom is 0.103 e. The average Bonchev–Trinajstić information content (AvgIpc) is 2.71. The molecule has 92 valence electrons. The molecule has 0 amide bonds. The standard InChI is InChI=1S/C14H16N4/c1-10-17-13(6-7-15)14(18-10)8-11-2-4-12(9-16)5-3-11/h2-5H,6-8,15H2,1H3,(H,17,18). The molecule has 1 aromatic heterocycles. The minimum Gasteiger partial charge on any atom is -0.346 e. The highest BCUT2D eigenvalue weighted by Gasteiger charge is 2.08. The SMILES string of the molecule is Cc1nc(CCN)c(Cc2ccc(C#N)cc2)[nH]1. The van der Waals surface area contributed by atoms with Crippen molar-refractivity contribution in [2.24, 2.45) is 5.73 Å². The quantitative estimate of drug-likeness (QED) is 0.853. The number of nitrogens with one attached hydrogen (secondary N) is 1. The van der Waals surface area contributed by atoms with Gasteiger partial charge in [-0.25, -0.2) is 4.98 Å². The highest BCUT2D eigenvalue weighted by molar-refractivity contribution is 5.34. The molecule has 0 radical (unpaired) electrons. The molecule has 4 nitrogen and oxygen atoms in total. The molecule has 0 aliphatic heterocycles. The second-order valence-electron chi connectivity index (χ2n) is 4.27. The van der Waals surface area contributed by atoms with Crippen LogP contribution in [0.3, 0.4) is 0 Å². The van der Waals surface area contributed by atoms with Gasteiger partial charge < -0.3 is 10.7 Å². The van der Waals surface area contributed by atoms with Crippen molar-refractivity contribution in [3.8, 4) is 6.07 Å². The molecular weight excluding hydrogens is 224 g/mol. The van der Waals surface area contributed by atoms with E-state index < -0.39 is 0 Å². The predicted octanol–water partition coefficient (Wildman–Crippen LogP) is 1.68. The third-order valence-corrected chi connectivity index (χ3v) is 2.83. The van der Waals surface area contributed by atoms with Crippen LogP contribution in [0.1, 0.15) is 28.3 Å². The first-order valence-corrected chi connectivity index (χ1v) is 5.96. The van der Waals surface area contributed by atoms with Crippen LogP contribution in [0.4, 0.5) is 0 Å². The first-order chi connectivity index (χ1) is 8.72. The van der Waals surface area contributed by atoms with E-state index in [4.69, 9.17) is 11.0 Å². The molecule has 2 aromatic rings. The lowest BCUT2D eigenvalue weighted by Crippen LogP contribution is -2.05. The molecule has 1 heterocycles. The van der Waals surface area contributed by atoms with Gasteiger partial charge in [0.15, 0.2) is 0 Å². The lowest BCUT2D eigenvalue weighted by atomic mass is 10.1. The van der Waals surface area contributed by atoms with E-state index in [1.807, 2.05) is 31.2 Å². The van der Waals surface area contributed by atoms with Crippen LogP contribution in [0.25, 0.3) is 0 Å². The van der Waals surface area contributed by atoms with E-state index in [1.165, 1.54) is 0 Å². The monoisotopic (exact) mass is 240 g/mol. The van der Waals surface area contributed by atoms with E-state index >= 15 is 0 Å². The summed E-state index contributed by atoms with van der Waals surface area (Å²) >= 11 is 0. The van der Waals surface area contributed by atoms with Crippen LogP contribution >= 0.6 is 0 Å². The summed E-state index contributed by atoms with van der Waals surface area (Å²) in [7, 11) is 0. The Morgan fingerprint density at radius 1 is 1.33 bits per heavy atom. The predicted molar refractivity (Wildman–Crippen MR) is 70.0 cm³/mol. The molecule has 0 fully saturated rings. The van der Waals surface area contributed by atoms with E-state index in [-0.39, 0.29) is 0 Å². The van der Waals surface area contributed by atoms with Crippen molar-refractivity contribution in [3.63, 3.8) is 0 Å². The molecule has 0 spiro atoms. The Kier molecular flexibility index (Phi) is 3.75. The summed E-state index contributed by atoms with van der Waals surface area (Å²) in [6.45, 7) is 2.55. The number of nitriles is 1. The first kappa shape index (κ1) is 12.3. The highest BCUT2D eigenvalue weighted by atomic mass is 14.9. The van der Waals surface area contributed by atoms with E-state index in [0.29, 0.717) is 12.1 Å². The molecule has 0 bridgehead atoms. The second-order valence-corrected chi connectivity index (χ2v) is 4.27. The van der Waals surface area contributed by atoms with Gasteiger partial charge in [0, 0.05) is 18.5 Å². The highest BCUT2D eigenvalue weighted by Crippen LogP contribution is 2.13. The number of aromatic amines is 1. The van der Waals surface area contributed by atoms with Crippen molar-refractivity contribution in [2.45, 2.75) is 19.8 Å². The van der Waals surface area contributed by atoms with E-state index in [1.54, 1.807) is 0 Å². The zero-order valence-electron chi connectivity index (χ0n) is 10.4. The Balaban J connectivity index is 2.19. The fourth-order valence-corrected chi connectivity index (χ4v) is 1.98. The molecule has 1 aromatic carbocycles. The minimum absolute atomic E-state index is 0.602. The number of rotatable bonds is 4. The fraction of sp³-hybridized carbons (Fsp3) is 0.286. The summed E-state index contributed by atoms with van der Waals surface area (Å²) in [4.78, 5) is 7.72. The minimum atomic E-state index is 0.602. The third-order valence-electron chi connectivity index (χ3n) is 2.83. The second kappa shape index (κ2) is 5.48. The lowest BCUT2D eigenvalue weighted by molar-refractivity contribution is 0.908. The fourth-order valence-electron chi connectivity index (χ4n) is 1.98. The maximum absolute atomic E-state index is 8.76. The van der Waals surface area contributed by atoms with Gasteiger partial charge in [0.2, 0.25) is 0 Å². The molecule has 0 atom stereocenters. The van der Waals surface area contributed by atoms with E-state index in [0.717, 1.165) is 35.6 Å². The summed E-state index contributed by atoms with van der Waals surface area (Å²) in [5.41, 5.74) is 9.58. The number of nitrogens with zero attached hydrogens (tertiary/aromatic N) is 2. The Hall–Kier alpha value is -2.12. The number of hydrogen-bond acceptors (Lipinski definition) is 3. The number of aromatic nitrogens is 2. The first-order valence-electron chi connectivity index (χ1n) is 5.96. The zero-order chi connectivity index (χ0) is 13.0. The maximum atomic E-state index is 8.76. The Morgan fingerprint density at radius 3 is 2.67 bits per heavy atom. The molecule has 0 saturated heterocycles. The van der Waals surface area contributed by atoms with Crippen LogP contribution in [0.2, 0.25) is 0 Å². The number of aryl methyl sites for hydroxylation is 1. The van der Waals surface area contributed by atoms with Crippen molar-refractivity contribution >= 4 is 0 Å². The van der Waals surface area contributed by atoms with Crippen LogP contribution in [-0.2, 0) is 12.8 Å². The molecule has 0 saturated carbocycles. The van der Waals surface area contributed by atoms with Gasteiger partial charge in [-0.1, -0.05) is 12.1 Å². The Labute approximate surface area is 106 Å². The number of hydrogen-bond donors (Lipinski definition) is 2. The van der Waals surface area contributed by atoms with Crippen LogP contribution in [0, 0.1) is 18.3 Å². The third kappa shape index (κ3) is 2.76. The molecule has 3 N–H and O–H groups in total. The average molecular weight is 240 g/mol. The summed E-state index contributed by atoms with van der Waals surface area (Å²) < 4.78 is 0. The molecule has 0 aliphatic carbocycles. The Morgan fingerprint density at radius 2 is 2.06 bits per heavy atom. The van der Waals surface area contributed by atoms with Gasteiger partial charge in [0.1, 0.15) is 5.82 Å². The normalized spacial score (nSPS) is 10.3. The number of nitrogens with two attached hydrogens (primary N) is 1. The van der Waals surface area contributed by atoms with Gasteiger partial charge >= 0.3 is 0 Å². The molecule has 4 heteroatoms. The van der Waals surface area contributed by atoms with E-state index in [2.05, 4.69) is 16.0 Å². The van der Waals surface area contributed by atoms with Gasteiger partial charge in [-0.2, -0.15) is 5.26 Å². The van der Waals surface area contributed by atoms with Crippen molar-refractivity contribution < 1.29 is 0 Å². The zero-order valence-corrected chi connectivity index (χ0v) is 10.4. The van der Waals surface area contributed by atoms with Crippen molar-refractivity contribution in [1.82, 2.24) is 9.97 Å². The molecule has 0 aliphatic rings. The smallest absolute Gasteiger partial charge is 0.103 e. The lowest BCUT2D eigenvalue weighted by Gasteiger charge is -2.02. The number of H-pyrrole nitrogens is 1. The van der Waals surface area contributed by atoms with Gasteiger partial charge in [0.05, 0.1) is 17.3 Å².